The molecule has 4 heteroatoms. The van der Waals surface area contributed by atoms with Crippen LogP contribution in [0.15, 0.2) is 11.1 Å². The second-order valence-electron chi connectivity index (χ2n) is 1.70. The smallest absolute Gasteiger partial charge is 0.144 e. The van der Waals surface area contributed by atoms with Crippen LogP contribution in [0.3, 0.4) is 0 Å². The highest BCUT2D eigenvalue weighted by Gasteiger charge is 2.08. The van der Waals surface area contributed by atoms with Gasteiger partial charge in [0.1, 0.15) is 7.85 Å². The Labute approximate surface area is 68.2 Å². The zero-order valence-electron chi connectivity index (χ0n) is 4.65. The zero-order chi connectivity index (χ0) is 5.98. The van der Waals surface area contributed by atoms with Gasteiger partial charge in [-0.3, -0.25) is 0 Å². The normalized spacial score (nSPS) is 27.1. The van der Waals surface area contributed by atoms with Gasteiger partial charge in [0.05, 0.1) is 0 Å². The van der Waals surface area contributed by atoms with E-state index < -0.39 is 0 Å². The molecule has 44 valence electrons. The van der Waals surface area contributed by atoms with E-state index in [2.05, 4.69) is 41.2 Å². The third-order valence-corrected chi connectivity index (χ3v) is 2.72. The van der Waals surface area contributed by atoms with Gasteiger partial charge in [-0.2, -0.15) is 0 Å². The Kier molecular flexibility index (Phi) is 2.56. The first-order valence-corrected chi connectivity index (χ1v) is 4.97. The Morgan fingerprint density at radius 3 is 3.00 bits per heavy atom. The van der Waals surface area contributed by atoms with Crippen LogP contribution in [0.5, 0.6) is 0 Å². The van der Waals surface area contributed by atoms with Gasteiger partial charge in [-0.1, -0.05) is 22.6 Å². The number of nitrogens with one attached hydrogen (secondary N) is 1. The minimum Gasteiger partial charge on any atom is -0.383 e. The lowest BCUT2D eigenvalue weighted by molar-refractivity contribution is 0.944. The number of allylic oxidation sites excluding steroid dienone is 1. The molecule has 0 aliphatic carbocycles. The molecule has 1 N–H and O–H groups in total. The second kappa shape index (κ2) is 3.01. The van der Waals surface area contributed by atoms with Gasteiger partial charge in [-0.25, -0.2) is 0 Å². The van der Waals surface area contributed by atoms with Crippen LogP contribution in [0.2, 0.25) is 0 Å². The van der Waals surface area contributed by atoms with E-state index in [-0.39, 0.29) is 0 Å². The maximum Gasteiger partial charge on any atom is 0.144 e. The molecule has 0 unspecified atom stereocenters. The van der Waals surface area contributed by atoms with Gasteiger partial charge in [0, 0.05) is 15.4 Å². The molecular formula is C4H7BINS. The summed E-state index contributed by atoms with van der Waals surface area (Å²) in [6.07, 6.45) is 0. The highest BCUT2D eigenvalue weighted by molar-refractivity contribution is 14.1. The van der Waals surface area contributed by atoms with Crippen molar-refractivity contribution in [3.63, 3.8) is 0 Å². The Hall–Kier alpha value is 0.685. The van der Waals surface area contributed by atoms with Crippen molar-refractivity contribution in [3.8, 4) is 0 Å². The predicted molar refractivity (Wildman–Crippen MR) is 50.0 cm³/mol. The van der Waals surface area contributed by atoms with E-state index in [0.29, 0.717) is 5.27 Å². The maximum atomic E-state index is 3.32. The molecule has 0 aromatic rings. The first-order valence-electron chi connectivity index (χ1n) is 2.50. The van der Waals surface area contributed by atoms with Gasteiger partial charge in [-0.05, 0) is 5.41 Å². The minimum atomic E-state index is 0.597. The molecule has 8 heavy (non-hydrogen) atoms. The van der Waals surface area contributed by atoms with Crippen molar-refractivity contribution in [1.29, 1.82) is 0 Å². The lowest BCUT2D eigenvalue weighted by Gasteiger charge is -2.02. The van der Waals surface area contributed by atoms with Crippen LogP contribution in [0.4, 0.5) is 0 Å². The Morgan fingerprint density at radius 2 is 2.75 bits per heavy atom. The third kappa shape index (κ3) is 1.58. The fourth-order valence-electron chi connectivity index (χ4n) is 0.583. The molecule has 0 amide bonds. The van der Waals surface area contributed by atoms with E-state index in [1.807, 2.05) is 11.8 Å². The van der Waals surface area contributed by atoms with E-state index in [1.54, 1.807) is 0 Å². The van der Waals surface area contributed by atoms with Crippen LogP contribution in [0.1, 0.15) is 0 Å². The minimum absolute atomic E-state index is 0.597. The Morgan fingerprint density at radius 1 is 2.00 bits per heavy atom. The monoisotopic (exact) mass is 239 g/mol. The van der Waals surface area contributed by atoms with E-state index in [4.69, 9.17) is 0 Å². The number of hydrogen-bond acceptors (Lipinski definition) is 2. The second-order valence-corrected chi connectivity index (χ2v) is 3.68. The lowest BCUT2D eigenvalue weighted by Crippen LogP contribution is -2.20. The Bertz CT molecular complexity index is 117. The summed E-state index contributed by atoms with van der Waals surface area (Å²) in [7, 11) is 2.17. The molecule has 1 rings (SSSR count). The number of rotatable bonds is 1. The molecule has 0 bridgehead atoms. The summed E-state index contributed by atoms with van der Waals surface area (Å²) in [5, 5.41) is 6.11. The summed E-state index contributed by atoms with van der Waals surface area (Å²) >= 11 is 4.21. The molecular weight excluding hydrogens is 232 g/mol. The number of thioether (sulfide) groups is 1. The van der Waals surface area contributed by atoms with Crippen LogP contribution in [0.25, 0.3) is 0 Å². The summed E-state index contributed by atoms with van der Waals surface area (Å²) < 4.78 is 1.11. The summed E-state index contributed by atoms with van der Waals surface area (Å²) in [6, 6.07) is 0. The van der Waals surface area contributed by atoms with Crippen molar-refractivity contribution >= 4 is 42.2 Å². The molecule has 1 atom stereocenters. The molecule has 1 aliphatic heterocycles. The lowest BCUT2D eigenvalue weighted by atomic mass is 10.1. The number of hydrogen-bond donors (Lipinski definition) is 1. The number of alkyl halides is 1. The standard InChI is InChI=1S/C4H7BINS/c5-4-7-3(1-6)2-8-4/h2,4,7H,1,5H2/t4-/m1/s1. The molecule has 1 nitrogen and oxygen atoms in total. The van der Waals surface area contributed by atoms with Crippen molar-refractivity contribution < 1.29 is 0 Å². The van der Waals surface area contributed by atoms with Gasteiger partial charge in [0.25, 0.3) is 0 Å². The van der Waals surface area contributed by atoms with Crippen molar-refractivity contribution in [2.24, 2.45) is 0 Å². The maximum absolute atomic E-state index is 3.32. The molecule has 0 aromatic heterocycles. The van der Waals surface area contributed by atoms with Crippen LogP contribution >= 0.6 is 34.4 Å². The van der Waals surface area contributed by atoms with Crippen molar-refractivity contribution in [1.82, 2.24) is 5.32 Å². The van der Waals surface area contributed by atoms with Crippen LogP contribution in [-0.2, 0) is 0 Å². The zero-order valence-corrected chi connectivity index (χ0v) is 7.62. The number of halogens is 1. The van der Waals surface area contributed by atoms with Gasteiger partial charge < -0.3 is 5.32 Å². The molecule has 0 spiro atoms. The van der Waals surface area contributed by atoms with Crippen LogP contribution in [-0.4, -0.2) is 17.5 Å². The molecule has 1 heterocycles. The molecule has 0 saturated heterocycles. The summed E-state index contributed by atoms with van der Waals surface area (Å²) in [6.45, 7) is 0. The molecule has 0 aromatic carbocycles. The van der Waals surface area contributed by atoms with Crippen molar-refractivity contribution in [2.45, 2.75) is 5.27 Å². The van der Waals surface area contributed by atoms with Crippen LogP contribution < -0.4 is 5.32 Å². The topological polar surface area (TPSA) is 12.0 Å². The summed E-state index contributed by atoms with van der Waals surface area (Å²) in [5.41, 5.74) is 1.36. The quantitative estimate of drug-likeness (QED) is 0.406. The van der Waals surface area contributed by atoms with E-state index in [9.17, 15) is 0 Å². The predicted octanol–water partition coefficient (Wildman–Crippen LogP) is 0.516. The molecule has 1 aliphatic rings. The van der Waals surface area contributed by atoms with E-state index in [0.717, 1.165) is 4.43 Å². The van der Waals surface area contributed by atoms with Gasteiger partial charge >= 0.3 is 0 Å². The Balaban J connectivity index is 2.37. The van der Waals surface area contributed by atoms with Crippen molar-refractivity contribution in [3.05, 3.63) is 11.1 Å². The largest absolute Gasteiger partial charge is 0.383 e. The highest BCUT2D eigenvalue weighted by atomic mass is 127. The fraction of sp³-hybridized carbons (Fsp3) is 0.500. The van der Waals surface area contributed by atoms with E-state index in [1.165, 1.54) is 5.70 Å². The molecule has 0 radical (unpaired) electrons. The van der Waals surface area contributed by atoms with Gasteiger partial charge in [0.15, 0.2) is 0 Å². The highest BCUT2D eigenvalue weighted by Crippen LogP contribution is 2.18. The first-order chi connectivity index (χ1) is 3.83. The van der Waals surface area contributed by atoms with Crippen molar-refractivity contribution in [2.75, 3.05) is 4.43 Å². The average molecular weight is 239 g/mol. The first kappa shape index (κ1) is 6.80. The average Bonchev–Trinajstić information content (AvgIpc) is 2.14. The van der Waals surface area contributed by atoms with Gasteiger partial charge in [-0.15, -0.1) is 11.8 Å². The molecule has 0 fully saturated rings. The summed E-state index contributed by atoms with van der Waals surface area (Å²) in [5.74, 6) is 0. The SMILES string of the molecule is B[C@@H]1NC(CI)=CS1. The van der Waals surface area contributed by atoms with Crippen LogP contribution in [0, 0.1) is 0 Å². The third-order valence-electron chi connectivity index (χ3n) is 0.947. The molecule has 0 saturated carbocycles. The van der Waals surface area contributed by atoms with Gasteiger partial charge in [0.2, 0.25) is 0 Å². The fourth-order valence-corrected chi connectivity index (χ4v) is 2.06. The van der Waals surface area contributed by atoms with E-state index >= 15 is 0 Å². The summed E-state index contributed by atoms with van der Waals surface area (Å²) in [4.78, 5) is 0.